The fourth-order valence-corrected chi connectivity index (χ4v) is 2.47. The number of aliphatic hydroxyl groups is 2. The number of rotatable bonds is 13. The molecular formula is C22H37NO3. The van der Waals surface area contributed by atoms with Gasteiger partial charge in [-0.1, -0.05) is 55.4 Å². The predicted molar refractivity (Wildman–Crippen MR) is 110 cm³/mol. The number of hydrogen-bond donors (Lipinski definition) is 2. The highest BCUT2D eigenvalue weighted by molar-refractivity contribution is 5.75. The normalized spacial score (nSPS) is 15.6. The van der Waals surface area contributed by atoms with Crippen molar-refractivity contribution in [3.05, 3.63) is 48.6 Å². The molecular weight excluding hydrogens is 326 g/mol. The minimum Gasteiger partial charge on any atom is -0.389 e. The lowest BCUT2D eigenvalue weighted by molar-refractivity contribution is -0.129. The van der Waals surface area contributed by atoms with E-state index < -0.39 is 12.2 Å². The zero-order valence-corrected chi connectivity index (χ0v) is 16.9. The van der Waals surface area contributed by atoms with Crippen LogP contribution in [-0.4, -0.2) is 47.3 Å². The number of carbonyl (C=O) groups is 1. The fraction of sp³-hybridized carbons (Fsp3) is 0.591. The molecule has 0 aliphatic rings. The molecule has 2 N–H and O–H groups in total. The summed E-state index contributed by atoms with van der Waals surface area (Å²) in [7, 11) is 3.41. The van der Waals surface area contributed by atoms with Crippen LogP contribution in [0.15, 0.2) is 48.6 Å². The van der Waals surface area contributed by atoms with Gasteiger partial charge in [0, 0.05) is 20.5 Å². The number of nitrogens with zero attached hydrogens (tertiary/aromatic N) is 1. The van der Waals surface area contributed by atoms with Crippen molar-refractivity contribution in [1.82, 2.24) is 4.90 Å². The lowest BCUT2D eigenvalue weighted by Gasteiger charge is -2.13. The molecule has 0 aliphatic carbocycles. The summed E-state index contributed by atoms with van der Waals surface area (Å²) in [6.07, 6.45) is 14.4. The summed E-state index contributed by atoms with van der Waals surface area (Å²) in [5.41, 5.74) is 1.21. The van der Waals surface area contributed by atoms with Crippen LogP contribution in [0.1, 0.15) is 52.4 Å². The van der Waals surface area contributed by atoms with Crippen LogP contribution in [0.3, 0.4) is 0 Å². The van der Waals surface area contributed by atoms with Crippen LogP contribution in [0.4, 0.5) is 0 Å². The quantitative estimate of drug-likeness (QED) is 0.384. The molecule has 0 aromatic heterocycles. The van der Waals surface area contributed by atoms with Crippen molar-refractivity contribution < 1.29 is 15.0 Å². The van der Waals surface area contributed by atoms with E-state index in [9.17, 15) is 15.0 Å². The largest absolute Gasteiger partial charge is 0.389 e. The lowest BCUT2D eigenvalue weighted by Crippen LogP contribution is -2.22. The summed E-state index contributed by atoms with van der Waals surface area (Å²) < 4.78 is 0. The Morgan fingerprint density at radius 2 is 1.58 bits per heavy atom. The summed E-state index contributed by atoms with van der Waals surface area (Å²) >= 11 is 0. The van der Waals surface area contributed by atoms with Gasteiger partial charge in [-0.25, -0.2) is 0 Å². The van der Waals surface area contributed by atoms with Crippen molar-refractivity contribution in [2.24, 2.45) is 5.92 Å². The van der Waals surface area contributed by atoms with Crippen LogP contribution < -0.4 is 0 Å². The van der Waals surface area contributed by atoms with Gasteiger partial charge in [-0.2, -0.15) is 0 Å². The van der Waals surface area contributed by atoms with Crippen molar-refractivity contribution in [3.63, 3.8) is 0 Å². The third-order valence-corrected chi connectivity index (χ3v) is 4.10. The third-order valence-electron chi connectivity index (χ3n) is 4.10. The zero-order valence-electron chi connectivity index (χ0n) is 16.9. The molecule has 0 rings (SSSR count). The van der Waals surface area contributed by atoms with Crippen LogP contribution in [0.5, 0.6) is 0 Å². The van der Waals surface area contributed by atoms with Crippen molar-refractivity contribution in [1.29, 1.82) is 0 Å². The minimum absolute atomic E-state index is 0.0127. The molecule has 0 radical (unpaired) electrons. The van der Waals surface area contributed by atoms with Gasteiger partial charge in [0.2, 0.25) is 5.91 Å². The predicted octanol–water partition coefficient (Wildman–Crippen LogP) is 4.02. The van der Waals surface area contributed by atoms with Crippen LogP contribution >= 0.6 is 0 Å². The molecule has 148 valence electrons. The Morgan fingerprint density at radius 1 is 1.00 bits per heavy atom. The number of hydrogen-bond acceptors (Lipinski definition) is 3. The highest BCUT2D eigenvalue weighted by atomic mass is 16.3. The van der Waals surface area contributed by atoms with Crippen molar-refractivity contribution in [2.45, 2.75) is 64.6 Å². The van der Waals surface area contributed by atoms with Crippen LogP contribution in [0, 0.1) is 5.92 Å². The Labute approximate surface area is 159 Å². The van der Waals surface area contributed by atoms with Gasteiger partial charge < -0.3 is 15.1 Å². The van der Waals surface area contributed by atoms with E-state index >= 15 is 0 Å². The second-order valence-corrected chi connectivity index (χ2v) is 7.31. The van der Waals surface area contributed by atoms with E-state index in [-0.39, 0.29) is 5.91 Å². The smallest absolute Gasteiger partial charge is 0.222 e. The number of carbonyl (C=O) groups excluding carboxylic acids is 1. The van der Waals surface area contributed by atoms with Gasteiger partial charge in [-0.3, -0.25) is 4.79 Å². The average molecular weight is 364 g/mol. The van der Waals surface area contributed by atoms with Crippen molar-refractivity contribution in [3.8, 4) is 0 Å². The van der Waals surface area contributed by atoms with Crippen LogP contribution in [0.25, 0.3) is 0 Å². The molecule has 3 atom stereocenters. The fourth-order valence-electron chi connectivity index (χ4n) is 2.47. The monoisotopic (exact) mass is 363 g/mol. The number of aliphatic hydroxyl groups excluding tert-OH is 2. The molecule has 0 fully saturated rings. The van der Waals surface area contributed by atoms with E-state index in [1.54, 1.807) is 38.4 Å². The molecule has 3 unspecified atom stereocenters. The van der Waals surface area contributed by atoms with Gasteiger partial charge in [-0.05, 0) is 38.5 Å². The van der Waals surface area contributed by atoms with Gasteiger partial charge >= 0.3 is 0 Å². The topological polar surface area (TPSA) is 60.8 Å². The maximum Gasteiger partial charge on any atom is 0.222 e. The second-order valence-electron chi connectivity index (χ2n) is 7.31. The first kappa shape index (κ1) is 24.4. The second kappa shape index (κ2) is 14.5. The molecule has 4 heteroatoms. The molecule has 4 nitrogen and oxygen atoms in total. The molecule has 0 spiro atoms. The van der Waals surface area contributed by atoms with Gasteiger partial charge in [0.05, 0.1) is 12.2 Å². The standard InChI is InChI=1S/C22H37NO3/c1-18(2)11-10-12-19(3)17-21(25)14-9-7-6-8-13-20(24)15-16-22(26)23(4)5/h6-9,13-14,19-21,24-25H,1,10-12,15-17H2,2-5H3. The van der Waals surface area contributed by atoms with E-state index in [0.717, 1.165) is 25.7 Å². The van der Waals surface area contributed by atoms with E-state index in [2.05, 4.69) is 13.5 Å². The first-order valence-corrected chi connectivity index (χ1v) is 9.44. The molecule has 0 aromatic carbocycles. The lowest BCUT2D eigenvalue weighted by atomic mass is 9.96. The highest BCUT2D eigenvalue weighted by Crippen LogP contribution is 2.16. The van der Waals surface area contributed by atoms with Gasteiger partial charge in [0.25, 0.3) is 0 Å². The van der Waals surface area contributed by atoms with Crippen LogP contribution in [-0.2, 0) is 4.79 Å². The Hall–Kier alpha value is -1.65. The Morgan fingerprint density at radius 3 is 2.12 bits per heavy atom. The Bertz CT molecular complexity index is 492. The van der Waals surface area contributed by atoms with E-state index in [0.29, 0.717) is 18.8 Å². The number of allylic oxidation sites excluding steroid dienone is 5. The SMILES string of the molecule is C=C(C)CCCC(C)CC(O)C=CC=CC=CC(O)CCC(=O)N(C)C. The van der Waals surface area contributed by atoms with Crippen LogP contribution in [0.2, 0.25) is 0 Å². The molecule has 0 saturated carbocycles. The maximum atomic E-state index is 11.4. The molecule has 0 aromatic rings. The molecule has 0 saturated heterocycles. The first-order chi connectivity index (χ1) is 12.2. The summed E-state index contributed by atoms with van der Waals surface area (Å²) in [5.74, 6) is 0.497. The van der Waals surface area contributed by atoms with E-state index in [4.69, 9.17) is 0 Å². The molecule has 0 bridgehead atoms. The van der Waals surface area contributed by atoms with Crippen molar-refractivity contribution >= 4 is 5.91 Å². The molecule has 1 amide bonds. The molecule has 0 aliphatic heterocycles. The molecule has 26 heavy (non-hydrogen) atoms. The summed E-state index contributed by atoms with van der Waals surface area (Å²) in [6, 6.07) is 0. The first-order valence-electron chi connectivity index (χ1n) is 9.44. The summed E-state index contributed by atoms with van der Waals surface area (Å²) in [6.45, 7) is 8.12. The average Bonchev–Trinajstić information content (AvgIpc) is 2.55. The summed E-state index contributed by atoms with van der Waals surface area (Å²) in [4.78, 5) is 13.0. The maximum absolute atomic E-state index is 11.4. The highest BCUT2D eigenvalue weighted by Gasteiger charge is 2.07. The third kappa shape index (κ3) is 14.7. The van der Waals surface area contributed by atoms with Gasteiger partial charge in [0.1, 0.15) is 0 Å². The minimum atomic E-state index is -0.627. The summed E-state index contributed by atoms with van der Waals surface area (Å²) in [5, 5.41) is 19.8. The molecule has 0 heterocycles. The number of amides is 1. The Kier molecular flexibility index (Phi) is 13.6. The zero-order chi connectivity index (χ0) is 19.9. The van der Waals surface area contributed by atoms with Gasteiger partial charge in [0.15, 0.2) is 0 Å². The van der Waals surface area contributed by atoms with E-state index in [1.165, 1.54) is 10.5 Å². The Balaban J connectivity index is 4.00. The van der Waals surface area contributed by atoms with Gasteiger partial charge in [-0.15, -0.1) is 6.58 Å². The van der Waals surface area contributed by atoms with Crippen molar-refractivity contribution in [2.75, 3.05) is 14.1 Å². The van der Waals surface area contributed by atoms with E-state index in [1.807, 2.05) is 19.1 Å².